The predicted molar refractivity (Wildman–Crippen MR) is 85.7 cm³/mol. The smallest absolute Gasteiger partial charge is 0.244 e. The van der Waals surface area contributed by atoms with Crippen molar-refractivity contribution in [1.29, 1.82) is 0 Å². The third-order valence-corrected chi connectivity index (χ3v) is 3.87. The van der Waals surface area contributed by atoms with Crippen molar-refractivity contribution in [2.45, 2.75) is 38.8 Å². The van der Waals surface area contributed by atoms with Gasteiger partial charge >= 0.3 is 0 Å². The van der Waals surface area contributed by atoms with E-state index in [1.807, 2.05) is 6.92 Å². The Morgan fingerprint density at radius 3 is 2.35 bits per heavy atom. The highest BCUT2D eigenvalue weighted by Gasteiger charge is 2.34. The Balaban J connectivity index is 0.00000264. The van der Waals surface area contributed by atoms with E-state index in [0.29, 0.717) is 32.6 Å². The molecule has 0 saturated carbocycles. The molecule has 0 aromatic carbocycles. The first kappa shape index (κ1) is 19.3. The van der Waals surface area contributed by atoms with Crippen molar-refractivity contribution in [2.75, 3.05) is 26.2 Å². The summed E-state index contributed by atoms with van der Waals surface area (Å²) in [5.41, 5.74) is 5.26. The maximum atomic E-state index is 12.4. The van der Waals surface area contributed by atoms with Crippen LogP contribution in [-0.4, -0.2) is 73.5 Å². The third kappa shape index (κ3) is 4.87. The summed E-state index contributed by atoms with van der Waals surface area (Å²) in [5, 5.41) is 10.7. The normalized spacial score (nSPS) is 17.3. The number of piperazine rings is 1. The van der Waals surface area contributed by atoms with E-state index >= 15 is 0 Å². The molecule has 1 saturated heterocycles. The molecule has 1 fully saturated rings. The standard InChI is InChI=1S/C13H23N7O2.ClH/c1-3-4-13(2,14)12(22)19-7-5-18(6-8-19)11(21)9-20-10-15-16-17-20;/h10H,3-9,14H2,1-2H3;1H. The maximum Gasteiger partial charge on any atom is 0.244 e. The average Bonchev–Trinajstić information content (AvgIpc) is 2.99. The van der Waals surface area contributed by atoms with E-state index in [0.717, 1.165) is 6.42 Å². The van der Waals surface area contributed by atoms with Gasteiger partial charge in [-0.25, -0.2) is 4.68 Å². The van der Waals surface area contributed by atoms with Crippen molar-refractivity contribution in [3.8, 4) is 0 Å². The van der Waals surface area contributed by atoms with E-state index in [1.165, 1.54) is 11.0 Å². The second-order valence-corrected chi connectivity index (χ2v) is 5.85. The molecule has 130 valence electrons. The summed E-state index contributed by atoms with van der Waals surface area (Å²) in [6.07, 6.45) is 2.93. The Hall–Kier alpha value is -1.74. The van der Waals surface area contributed by atoms with E-state index in [-0.39, 0.29) is 30.8 Å². The average molecular weight is 346 g/mol. The van der Waals surface area contributed by atoms with E-state index in [9.17, 15) is 9.59 Å². The van der Waals surface area contributed by atoms with Gasteiger partial charge in [0.15, 0.2) is 0 Å². The molecule has 2 heterocycles. The van der Waals surface area contributed by atoms with Crippen molar-refractivity contribution in [2.24, 2.45) is 5.73 Å². The van der Waals surface area contributed by atoms with Gasteiger partial charge in [0.05, 0.1) is 5.54 Å². The first-order valence-electron chi connectivity index (χ1n) is 7.51. The van der Waals surface area contributed by atoms with E-state index in [4.69, 9.17) is 5.73 Å². The fraction of sp³-hybridized carbons (Fsp3) is 0.769. The molecule has 0 bridgehead atoms. The zero-order valence-electron chi connectivity index (χ0n) is 13.5. The van der Waals surface area contributed by atoms with Gasteiger partial charge in [-0.2, -0.15) is 0 Å². The summed E-state index contributed by atoms with van der Waals surface area (Å²) in [6.45, 7) is 5.94. The molecule has 2 rings (SSSR count). The van der Waals surface area contributed by atoms with Crippen LogP contribution in [0.1, 0.15) is 26.7 Å². The van der Waals surface area contributed by atoms with E-state index in [2.05, 4.69) is 15.5 Å². The minimum Gasteiger partial charge on any atom is -0.338 e. The van der Waals surface area contributed by atoms with Gasteiger partial charge in [0, 0.05) is 26.2 Å². The Morgan fingerprint density at radius 2 is 1.83 bits per heavy atom. The van der Waals surface area contributed by atoms with E-state index < -0.39 is 5.54 Å². The molecule has 0 spiro atoms. The molecule has 0 radical (unpaired) electrons. The number of halogens is 1. The topological polar surface area (TPSA) is 110 Å². The van der Waals surface area contributed by atoms with Crippen LogP contribution in [0.25, 0.3) is 0 Å². The lowest BCUT2D eigenvalue weighted by atomic mass is 9.95. The monoisotopic (exact) mass is 345 g/mol. The molecule has 1 aromatic rings. The molecular formula is C13H24ClN7O2. The van der Waals surface area contributed by atoms with Crippen molar-refractivity contribution in [1.82, 2.24) is 30.0 Å². The van der Waals surface area contributed by atoms with Crippen LogP contribution in [0, 0.1) is 0 Å². The summed E-state index contributed by atoms with van der Waals surface area (Å²) in [5.74, 6) is -0.0922. The van der Waals surface area contributed by atoms with Gasteiger partial charge in [0.2, 0.25) is 11.8 Å². The molecule has 0 aliphatic carbocycles. The van der Waals surface area contributed by atoms with Crippen LogP contribution >= 0.6 is 12.4 Å². The van der Waals surface area contributed by atoms with Gasteiger partial charge in [-0.15, -0.1) is 17.5 Å². The van der Waals surface area contributed by atoms with Crippen molar-refractivity contribution in [3.05, 3.63) is 6.33 Å². The molecule has 1 aromatic heterocycles. The zero-order chi connectivity index (χ0) is 16.2. The molecule has 1 aliphatic rings. The van der Waals surface area contributed by atoms with Crippen LogP contribution in [0.15, 0.2) is 6.33 Å². The molecule has 1 unspecified atom stereocenters. The SMILES string of the molecule is CCCC(C)(N)C(=O)N1CCN(C(=O)Cn2cnnn2)CC1.Cl. The van der Waals surface area contributed by atoms with Gasteiger partial charge in [0.25, 0.3) is 0 Å². The minimum atomic E-state index is -0.826. The van der Waals surface area contributed by atoms with Gasteiger partial charge in [-0.3, -0.25) is 9.59 Å². The minimum absolute atomic E-state index is 0. The predicted octanol–water partition coefficient (Wildman–Crippen LogP) is -0.717. The Labute approximate surface area is 141 Å². The first-order valence-corrected chi connectivity index (χ1v) is 7.51. The first-order chi connectivity index (χ1) is 10.4. The molecule has 23 heavy (non-hydrogen) atoms. The Morgan fingerprint density at radius 1 is 1.22 bits per heavy atom. The van der Waals surface area contributed by atoms with Crippen molar-refractivity contribution in [3.63, 3.8) is 0 Å². The number of hydrogen-bond acceptors (Lipinski definition) is 6. The summed E-state index contributed by atoms with van der Waals surface area (Å²) in [6, 6.07) is 0. The number of amides is 2. The van der Waals surface area contributed by atoms with Gasteiger partial charge in [0.1, 0.15) is 12.9 Å². The molecule has 2 N–H and O–H groups in total. The number of aromatic nitrogens is 4. The molecule has 2 amide bonds. The summed E-state index contributed by atoms with van der Waals surface area (Å²) >= 11 is 0. The second-order valence-electron chi connectivity index (χ2n) is 5.85. The summed E-state index contributed by atoms with van der Waals surface area (Å²) < 4.78 is 1.39. The third-order valence-electron chi connectivity index (χ3n) is 3.87. The van der Waals surface area contributed by atoms with Crippen LogP contribution in [0.5, 0.6) is 0 Å². The second kappa shape index (κ2) is 8.21. The largest absolute Gasteiger partial charge is 0.338 e. The molecule has 1 aliphatic heterocycles. The van der Waals surface area contributed by atoms with Gasteiger partial charge in [-0.1, -0.05) is 13.3 Å². The lowest BCUT2D eigenvalue weighted by Crippen LogP contribution is -2.59. The number of carbonyl (C=O) groups excluding carboxylic acids is 2. The highest BCUT2D eigenvalue weighted by atomic mass is 35.5. The van der Waals surface area contributed by atoms with Crippen LogP contribution in [0.3, 0.4) is 0 Å². The van der Waals surface area contributed by atoms with Crippen LogP contribution < -0.4 is 5.73 Å². The molecule has 9 nitrogen and oxygen atoms in total. The fourth-order valence-electron chi connectivity index (χ4n) is 2.64. The highest BCUT2D eigenvalue weighted by Crippen LogP contribution is 2.14. The molecule has 10 heteroatoms. The van der Waals surface area contributed by atoms with Crippen molar-refractivity contribution >= 4 is 24.2 Å². The highest BCUT2D eigenvalue weighted by molar-refractivity contribution is 5.86. The number of hydrogen-bond donors (Lipinski definition) is 1. The fourth-order valence-corrected chi connectivity index (χ4v) is 2.64. The zero-order valence-corrected chi connectivity index (χ0v) is 14.3. The number of nitrogens with zero attached hydrogens (tertiary/aromatic N) is 6. The number of carbonyl (C=O) groups is 2. The van der Waals surface area contributed by atoms with Crippen LogP contribution in [-0.2, 0) is 16.1 Å². The lowest BCUT2D eigenvalue weighted by molar-refractivity contribution is -0.143. The number of tetrazole rings is 1. The van der Waals surface area contributed by atoms with Gasteiger partial charge < -0.3 is 15.5 Å². The molecular weight excluding hydrogens is 322 g/mol. The number of nitrogens with two attached hydrogens (primary N) is 1. The van der Waals surface area contributed by atoms with Gasteiger partial charge in [-0.05, 0) is 23.8 Å². The summed E-state index contributed by atoms with van der Waals surface area (Å²) in [4.78, 5) is 28.0. The maximum absolute atomic E-state index is 12.4. The van der Waals surface area contributed by atoms with Crippen LogP contribution in [0.2, 0.25) is 0 Å². The van der Waals surface area contributed by atoms with E-state index in [1.54, 1.807) is 16.7 Å². The lowest BCUT2D eigenvalue weighted by Gasteiger charge is -2.38. The summed E-state index contributed by atoms with van der Waals surface area (Å²) in [7, 11) is 0. The Bertz CT molecular complexity index is 512. The van der Waals surface area contributed by atoms with Crippen molar-refractivity contribution < 1.29 is 9.59 Å². The Kier molecular flexibility index (Phi) is 6.89. The van der Waals surface area contributed by atoms with Crippen LogP contribution in [0.4, 0.5) is 0 Å². The quantitative estimate of drug-likeness (QED) is 0.754. The number of rotatable bonds is 5. The molecule has 1 atom stereocenters.